The van der Waals surface area contributed by atoms with Gasteiger partial charge in [-0.25, -0.2) is 9.78 Å². The number of Topliss-reactive ketones (excluding diaryl/α,β-unsaturated/α-hetero) is 1. The molecule has 1 saturated carbocycles. The van der Waals surface area contributed by atoms with E-state index in [0.717, 1.165) is 6.42 Å². The van der Waals surface area contributed by atoms with E-state index in [-0.39, 0.29) is 30.0 Å². The molecule has 1 saturated heterocycles. The molecule has 3 N–H and O–H groups in total. The van der Waals surface area contributed by atoms with E-state index in [1.54, 1.807) is 12.1 Å². The summed E-state index contributed by atoms with van der Waals surface area (Å²) in [5.74, 6) is -1.12. The van der Waals surface area contributed by atoms with Crippen LogP contribution >= 0.6 is 0 Å². The molecule has 2 fully saturated rings. The van der Waals surface area contributed by atoms with E-state index < -0.39 is 17.8 Å². The molecule has 0 spiro atoms. The first-order valence-electron chi connectivity index (χ1n) is 7.73. The fourth-order valence-electron chi connectivity index (χ4n) is 3.22. The number of aliphatic carboxylic acids is 1. The van der Waals surface area contributed by atoms with E-state index in [1.807, 2.05) is 0 Å². The minimum Gasteiger partial charge on any atom is -0.480 e. The van der Waals surface area contributed by atoms with Gasteiger partial charge >= 0.3 is 5.97 Å². The third kappa shape index (κ3) is 2.86. The van der Waals surface area contributed by atoms with Gasteiger partial charge in [-0.05, 0) is 30.9 Å². The maximum absolute atomic E-state index is 12.4. The Kier molecular flexibility index (Phi) is 4.04. The molecule has 3 atom stereocenters. The van der Waals surface area contributed by atoms with E-state index in [0.29, 0.717) is 17.9 Å². The van der Waals surface area contributed by atoms with Gasteiger partial charge in [0.15, 0.2) is 5.78 Å². The van der Waals surface area contributed by atoms with Crippen LogP contribution in [0.5, 0.6) is 0 Å². The fourth-order valence-corrected chi connectivity index (χ4v) is 3.22. The quantitative estimate of drug-likeness (QED) is 0.654. The summed E-state index contributed by atoms with van der Waals surface area (Å²) in [4.78, 5) is 40.6. The van der Waals surface area contributed by atoms with Crippen LogP contribution < -0.4 is 5.32 Å². The van der Waals surface area contributed by atoms with E-state index in [4.69, 9.17) is 5.41 Å². The van der Waals surface area contributed by atoms with Crippen molar-refractivity contribution >= 4 is 29.2 Å². The zero-order chi connectivity index (χ0) is 17.4. The number of anilines is 1. The van der Waals surface area contributed by atoms with Crippen LogP contribution in [0.2, 0.25) is 0 Å². The van der Waals surface area contributed by atoms with Crippen molar-refractivity contribution in [2.75, 3.05) is 11.9 Å². The average molecular weight is 330 g/mol. The highest BCUT2D eigenvalue weighted by Gasteiger charge is 2.56. The molecule has 126 valence electrons. The second-order valence-corrected chi connectivity index (χ2v) is 6.14. The molecule has 1 aromatic rings. The van der Waals surface area contributed by atoms with Gasteiger partial charge in [-0.15, -0.1) is 0 Å². The Hall–Kier alpha value is -2.77. The molecule has 0 aromatic carbocycles. The molecule has 0 radical (unpaired) electrons. The average Bonchev–Trinajstić information content (AvgIpc) is 3.21. The minimum atomic E-state index is -0.979. The molecule has 1 amide bonds. The van der Waals surface area contributed by atoms with Crippen LogP contribution in [-0.2, 0) is 14.4 Å². The predicted molar refractivity (Wildman–Crippen MR) is 85.0 cm³/mol. The lowest BCUT2D eigenvalue weighted by Gasteiger charge is -2.24. The molecule has 1 aromatic heterocycles. The van der Waals surface area contributed by atoms with E-state index in [2.05, 4.69) is 10.3 Å². The number of carboxylic acid groups (broad SMARTS) is 1. The minimum absolute atomic E-state index is 0.0270. The largest absolute Gasteiger partial charge is 0.480 e. The van der Waals surface area contributed by atoms with Crippen LogP contribution in [0.1, 0.15) is 25.3 Å². The molecule has 8 nitrogen and oxygen atoms in total. The van der Waals surface area contributed by atoms with Crippen molar-refractivity contribution in [2.24, 2.45) is 5.92 Å². The zero-order valence-electron chi connectivity index (χ0n) is 13.2. The van der Waals surface area contributed by atoms with Crippen molar-refractivity contribution in [2.45, 2.75) is 31.8 Å². The molecular weight excluding hydrogens is 312 g/mol. The lowest BCUT2D eigenvalue weighted by atomic mass is 10.1. The predicted octanol–water partition coefficient (Wildman–Crippen LogP) is 0.524. The van der Waals surface area contributed by atoms with Crippen molar-refractivity contribution in [3.8, 4) is 0 Å². The third-order valence-electron chi connectivity index (χ3n) is 4.51. The van der Waals surface area contributed by atoms with E-state index >= 15 is 0 Å². The highest BCUT2D eigenvalue weighted by Crippen LogP contribution is 2.47. The number of piperidine rings is 1. The second kappa shape index (κ2) is 6.03. The summed E-state index contributed by atoms with van der Waals surface area (Å²) in [6.45, 7) is 1.17. The lowest BCUT2D eigenvalue weighted by molar-refractivity contribution is -0.148. The van der Waals surface area contributed by atoms with E-state index in [9.17, 15) is 19.5 Å². The van der Waals surface area contributed by atoms with Gasteiger partial charge in [0.25, 0.3) is 0 Å². The number of hydrogen-bond donors (Lipinski definition) is 3. The lowest BCUT2D eigenvalue weighted by Crippen LogP contribution is -2.45. The molecule has 0 unspecified atom stereocenters. The van der Waals surface area contributed by atoms with Crippen LogP contribution in [0.4, 0.5) is 5.82 Å². The molecule has 0 bridgehead atoms. The number of carboxylic acids is 1. The third-order valence-corrected chi connectivity index (χ3v) is 4.51. The van der Waals surface area contributed by atoms with Crippen LogP contribution in [0.3, 0.4) is 0 Å². The van der Waals surface area contributed by atoms with Crippen molar-refractivity contribution in [1.82, 2.24) is 9.88 Å². The maximum atomic E-state index is 12.4. The van der Waals surface area contributed by atoms with Crippen LogP contribution in [0.25, 0.3) is 0 Å². The summed E-state index contributed by atoms with van der Waals surface area (Å²) >= 11 is 0. The number of carbonyl (C=O) groups excluding carboxylic acids is 2. The van der Waals surface area contributed by atoms with Crippen molar-refractivity contribution in [3.05, 3.63) is 23.9 Å². The van der Waals surface area contributed by atoms with Crippen molar-refractivity contribution in [3.63, 3.8) is 0 Å². The summed E-state index contributed by atoms with van der Waals surface area (Å²) in [5, 5.41) is 19.9. The Bertz CT molecular complexity index is 733. The van der Waals surface area contributed by atoms with Crippen LogP contribution in [0, 0.1) is 11.3 Å². The number of rotatable bonds is 6. The van der Waals surface area contributed by atoms with Gasteiger partial charge in [0.05, 0.1) is 6.54 Å². The standard InChI is InChI=1S/C16H18N4O4/c1-8(21)14(17)10-3-2-4-18-15(10)19-7-13(22)20-11-5-9(11)6-12(20)16(23)24/h2-4,9,11-12,17H,5-7H2,1H3,(H,18,19)(H,23,24)/t9-,11-,12+/m1/s1. The molecule has 1 aliphatic carbocycles. The molecule has 2 aliphatic rings. The molecule has 24 heavy (non-hydrogen) atoms. The van der Waals surface area contributed by atoms with Crippen LogP contribution in [-0.4, -0.2) is 57.0 Å². The Morgan fingerprint density at radius 2 is 2.17 bits per heavy atom. The summed E-state index contributed by atoms with van der Waals surface area (Å²) in [6, 6.07) is 2.45. The Morgan fingerprint density at radius 1 is 1.42 bits per heavy atom. The number of likely N-dealkylation sites (tertiary alicyclic amines) is 1. The monoisotopic (exact) mass is 330 g/mol. The highest BCUT2D eigenvalue weighted by molar-refractivity contribution is 6.45. The van der Waals surface area contributed by atoms with Gasteiger partial charge in [0.2, 0.25) is 5.91 Å². The summed E-state index contributed by atoms with van der Waals surface area (Å²) in [5.41, 5.74) is 0.128. The van der Waals surface area contributed by atoms with Gasteiger partial charge in [0, 0.05) is 24.7 Å². The number of carbonyl (C=O) groups is 3. The van der Waals surface area contributed by atoms with Crippen molar-refractivity contribution < 1.29 is 19.5 Å². The van der Waals surface area contributed by atoms with Crippen LogP contribution in [0.15, 0.2) is 18.3 Å². The summed E-state index contributed by atoms with van der Waals surface area (Å²) in [7, 11) is 0. The Morgan fingerprint density at radius 3 is 2.83 bits per heavy atom. The van der Waals surface area contributed by atoms with Gasteiger partial charge < -0.3 is 15.3 Å². The first-order chi connectivity index (χ1) is 11.4. The smallest absolute Gasteiger partial charge is 0.326 e. The maximum Gasteiger partial charge on any atom is 0.326 e. The summed E-state index contributed by atoms with van der Waals surface area (Å²) in [6.07, 6.45) is 2.87. The molecule has 3 rings (SSSR count). The first kappa shape index (κ1) is 16.1. The summed E-state index contributed by atoms with van der Waals surface area (Å²) < 4.78 is 0. The van der Waals surface area contributed by atoms with Gasteiger partial charge in [-0.1, -0.05) is 0 Å². The second-order valence-electron chi connectivity index (χ2n) is 6.14. The number of nitrogens with zero attached hydrogens (tertiary/aromatic N) is 2. The molecule has 8 heteroatoms. The topological polar surface area (TPSA) is 123 Å². The number of ketones is 1. The molecular formula is C16H18N4O4. The normalized spacial score (nSPS) is 24.2. The number of nitrogens with one attached hydrogen (secondary N) is 2. The Balaban J connectivity index is 1.70. The van der Waals surface area contributed by atoms with Crippen molar-refractivity contribution in [1.29, 1.82) is 5.41 Å². The van der Waals surface area contributed by atoms with Gasteiger partial charge in [0.1, 0.15) is 17.6 Å². The first-order valence-corrected chi connectivity index (χ1v) is 7.73. The Labute approximate surface area is 138 Å². The molecule has 1 aliphatic heterocycles. The fraction of sp³-hybridized carbons (Fsp3) is 0.438. The number of aromatic nitrogens is 1. The molecule has 2 heterocycles. The van der Waals surface area contributed by atoms with Gasteiger partial charge in [-0.2, -0.15) is 0 Å². The SMILES string of the molecule is CC(=O)C(=N)c1cccnc1NCC(=O)N1[C@@H]2C[C@@H]2C[C@H]1C(=O)O. The highest BCUT2D eigenvalue weighted by atomic mass is 16.4. The van der Waals surface area contributed by atoms with E-state index in [1.165, 1.54) is 18.0 Å². The van der Waals surface area contributed by atoms with Gasteiger partial charge in [-0.3, -0.25) is 15.0 Å². The zero-order valence-corrected chi connectivity index (χ0v) is 13.2. The number of amides is 1. The number of hydrogen-bond acceptors (Lipinski definition) is 6. The number of pyridine rings is 1. The number of fused-ring (bicyclic) bond motifs is 1.